The fourth-order valence-electron chi connectivity index (χ4n) is 5.38. The van der Waals surface area contributed by atoms with Crippen LogP contribution in [0.15, 0.2) is 30.0 Å². The normalized spacial score (nSPS) is 14.3. The number of carbonyl (C=O) groups excluding carboxylic acids is 1. The van der Waals surface area contributed by atoms with Crippen LogP contribution in [-0.2, 0) is 11.2 Å². The van der Waals surface area contributed by atoms with Crippen LogP contribution < -0.4 is 14.8 Å². The highest BCUT2D eigenvalue weighted by Gasteiger charge is 2.25. The van der Waals surface area contributed by atoms with Crippen LogP contribution >= 0.6 is 23.2 Å². The standard InChI is InChI=1S/C31H35Cl2N9O3/c1-18(2)13-19(16-34)30(43)41-11-9-40(10-12-41)8-6-7-24-37-29-21(25-26(32)22(44-4)15-23(45-5)27(25)33)14-20-17-36-31(35-3)38-28(20)42(29)39-24/h13-15,17-18H,6-12H2,1-5H3,(H,35,36,38)/b19-13-. The van der Waals surface area contributed by atoms with Crippen molar-refractivity contribution in [3.05, 3.63) is 45.8 Å². The lowest BCUT2D eigenvalue weighted by molar-refractivity contribution is -0.128. The SMILES string of the molecule is CNc1ncc2cc(-c3c(Cl)c(OC)cc(OC)c3Cl)c3nc(CCCN4CCN(C(=O)/C(C#N)=C\C(C)C)CC4)nn3c2n1. The number of aromatic nitrogens is 5. The van der Waals surface area contributed by atoms with Gasteiger partial charge in [-0.3, -0.25) is 9.69 Å². The molecule has 1 amide bonds. The number of benzene rings is 1. The van der Waals surface area contributed by atoms with Crippen molar-refractivity contribution in [1.82, 2.24) is 34.4 Å². The summed E-state index contributed by atoms with van der Waals surface area (Å²) in [5.41, 5.74) is 2.47. The van der Waals surface area contributed by atoms with Gasteiger partial charge in [0.25, 0.3) is 5.91 Å². The van der Waals surface area contributed by atoms with Crippen LogP contribution in [-0.4, -0.2) is 94.3 Å². The van der Waals surface area contributed by atoms with Crippen molar-refractivity contribution >= 4 is 51.7 Å². The first-order valence-corrected chi connectivity index (χ1v) is 15.4. The predicted molar refractivity (Wildman–Crippen MR) is 174 cm³/mol. The highest BCUT2D eigenvalue weighted by atomic mass is 35.5. The molecule has 1 aromatic carbocycles. The van der Waals surface area contributed by atoms with Crippen LogP contribution in [0, 0.1) is 17.2 Å². The lowest BCUT2D eigenvalue weighted by Crippen LogP contribution is -2.49. The third-order valence-corrected chi connectivity index (χ3v) is 8.39. The van der Waals surface area contributed by atoms with E-state index in [1.54, 1.807) is 34.8 Å². The van der Waals surface area contributed by atoms with Crippen molar-refractivity contribution in [3.8, 4) is 28.7 Å². The van der Waals surface area contributed by atoms with E-state index < -0.39 is 0 Å². The molecule has 1 saturated heterocycles. The van der Waals surface area contributed by atoms with E-state index in [-0.39, 0.29) is 17.4 Å². The fourth-order valence-corrected chi connectivity index (χ4v) is 6.08. The van der Waals surface area contributed by atoms with Gasteiger partial charge in [0.05, 0.1) is 24.3 Å². The number of methoxy groups -OCH3 is 2. The number of hydrogen-bond acceptors (Lipinski definition) is 10. The lowest BCUT2D eigenvalue weighted by atomic mass is 10.0. The molecule has 0 saturated carbocycles. The van der Waals surface area contributed by atoms with Gasteiger partial charge in [-0.15, -0.1) is 5.10 Å². The zero-order chi connectivity index (χ0) is 32.2. The Balaban J connectivity index is 1.40. The molecule has 0 unspecified atom stereocenters. The minimum Gasteiger partial charge on any atom is -0.495 e. The van der Waals surface area contributed by atoms with Crippen LogP contribution in [0.3, 0.4) is 0 Å². The summed E-state index contributed by atoms with van der Waals surface area (Å²) in [6.45, 7) is 7.35. The second kappa shape index (κ2) is 13.9. The second-order valence-electron chi connectivity index (χ2n) is 11.0. The van der Waals surface area contributed by atoms with Gasteiger partial charge in [-0.2, -0.15) is 14.8 Å². The first-order valence-electron chi connectivity index (χ1n) is 14.7. The van der Waals surface area contributed by atoms with Gasteiger partial charge in [-0.25, -0.2) is 9.97 Å². The first-order chi connectivity index (χ1) is 21.7. The van der Waals surface area contributed by atoms with E-state index in [9.17, 15) is 10.1 Å². The van der Waals surface area contributed by atoms with Crippen LogP contribution in [0.25, 0.3) is 27.8 Å². The molecule has 1 aliphatic heterocycles. The van der Waals surface area contributed by atoms with Gasteiger partial charge in [0.2, 0.25) is 5.95 Å². The molecule has 0 bridgehead atoms. The molecule has 5 rings (SSSR count). The number of nitriles is 1. The summed E-state index contributed by atoms with van der Waals surface area (Å²) in [7, 11) is 4.81. The van der Waals surface area contributed by atoms with E-state index in [1.165, 1.54) is 14.2 Å². The largest absolute Gasteiger partial charge is 0.495 e. The Morgan fingerprint density at radius 1 is 1.09 bits per heavy atom. The number of nitrogens with zero attached hydrogens (tertiary/aromatic N) is 8. The molecule has 0 aliphatic carbocycles. The molecule has 4 heterocycles. The number of ether oxygens (including phenoxy) is 2. The fraction of sp³-hybridized carbons (Fsp3) is 0.419. The van der Waals surface area contributed by atoms with E-state index in [1.807, 2.05) is 19.9 Å². The summed E-state index contributed by atoms with van der Waals surface area (Å²) in [5.74, 6) is 1.86. The monoisotopic (exact) mass is 651 g/mol. The Bertz CT molecular complexity index is 1780. The molecule has 0 spiro atoms. The zero-order valence-electron chi connectivity index (χ0n) is 25.9. The third-order valence-electron chi connectivity index (χ3n) is 7.64. The van der Waals surface area contributed by atoms with Gasteiger partial charge < -0.3 is 19.7 Å². The van der Waals surface area contributed by atoms with Gasteiger partial charge >= 0.3 is 0 Å². The minimum absolute atomic E-state index is 0.136. The number of piperazine rings is 1. The molecule has 45 heavy (non-hydrogen) atoms. The summed E-state index contributed by atoms with van der Waals surface area (Å²) < 4.78 is 12.7. The molecule has 14 heteroatoms. The molecule has 12 nitrogen and oxygen atoms in total. The Morgan fingerprint density at radius 2 is 1.78 bits per heavy atom. The van der Waals surface area contributed by atoms with Crippen molar-refractivity contribution in [2.75, 3.05) is 59.3 Å². The molecule has 4 aromatic rings. The van der Waals surface area contributed by atoms with Crippen molar-refractivity contribution in [2.45, 2.75) is 26.7 Å². The van der Waals surface area contributed by atoms with Gasteiger partial charge in [0, 0.05) is 68.4 Å². The molecule has 0 radical (unpaired) electrons. The molecule has 0 atom stereocenters. The van der Waals surface area contributed by atoms with Gasteiger partial charge in [0.1, 0.15) is 23.1 Å². The predicted octanol–water partition coefficient (Wildman–Crippen LogP) is 4.89. The Kier molecular flexibility index (Phi) is 9.92. The van der Waals surface area contributed by atoms with Crippen LogP contribution in [0.5, 0.6) is 11.5 Å². The maximum absolute atomic E-state index is 12.8. The molecule has 3 aromatic heterocycles. The topological polar surface area (TPSA) is 134 Å². The van der Waals surface area contributed by atoms with Crippen LogP contribution in [0.4, 0.5) is 5.95 Å². The zero-order valence-corrected chi connectivity index (χ0v) is 27.4. The highest BCUT2D eigenvalue weighted by molar-refractivity contribution is 6.41. The van der Waals surface area contributed by atoms with E-state index >= 15 is 0 Å². The highest BCUT2D eigenvalue weighted by Crippen LogP contribution is 2.47. The number of carbonyl (C=O) groups is 1. The maximum atomic E-state index is 12.8. The number of halogens is 2. The summed E-state index contributed by atoms with van der Waals surface area (Å²) in [6.07, 6.45) is 4.86. The molecule has 1 N–H and O–H groups in total. The second-order valence-corrected chi connectivity index (χ2v) is 11.8. The number of pyridine rings is 1. The molecule has 1 aliphatic rings. The van der Waals surface area contributed by atoms with Crippen LogP contribution in [0.2, 0.25) is 10.0 Å². The van der Waals surface area contributed by atoms with Crippen molar-refractivity contribution in [2.24, 2.45) is 5.92 Å². The summed E-state index contributed by atoms with van der Waals surface area (Å²) in [4.78, 5) is 30.8. The average molecular weight is 653 g/mol. The number of rotatable bonds is 10. The average Bonchev–Trinajstić information content (AvgIpc) is 3.48. The van der Waals surface area contributed by atoms with Crippen molar-refractivity contribution in [1.29, 1.82) is 5.26 Å². The van der Waals surface area contributed by atoms with E-state index in [0.29, 0.717) is 75.2 Å². The smallest absolute Gasteiger partial charge is 0.264 e. The molecular formula is C31H35Cl2N9O3. The number of aryl methyl sites for hydroxylation is 1. The Hall–Kier alpha value is -4.18. The first kappa shape index (κ1) is 32.2. The molecular weight excluding hydrogens is 617 g/mol. The van der Waals surface area contributed by atoms with Crippen molar-refractivity contribution < 1.29 is 14.3 Å². The maximum Gasteiger partial charge on any atom is 0.264 e. The van der Waals surface area contributed by atoms with Gasteiger partial charge in [0.15, 0.2) is 17.1 Å². The number of anilines is 1. The number of hydrogen-bond donors (Lipinski definition) is 1. The third kappa shape index (κ3) is 6.61. The quantitative estimate of drug-likeness (QED) is 0.187. The minimum atomic E-state index is -0.193. The summed E-state index contributed by atoms with van der Waals surface area (Å²) in [6, 6.07) is 5.59. The lowest BCUT2D eigenvalue weighted by Gasteiger charge is -2.34. The molecule has 1 fully saturated rings. The van der Waals surface area contributed by atoms with Crippen LogP contribution in [0.1, 0.15) is 26.1 Å². The van der Waals surface area contributed by atoms with Gasteiger partial charge in [-0.05, 0) is 24.9 Å². The number of fused-ring (bicyclic) bond motifs is 3. The Morgan fingerprint density at radius 3 is 2.38 bits per heavy atom. The van der Waals surface area contributed by atoms with Crippen molar-refractivity contribution in [3.63, 3.8) is 0 Å². The Labute approximate surface area is 271 Å². The van der Waals surface area contributed by atoms with Gasteiger partial charge in [-0.1, -0.05) is 43.1 Å². The molecule has 236 valence electrons. The van der Waals surface area contributed by atoms with E-state index in [2.05, 4.69) is 26.3 Å². The number of amides is 1. The number of allylic oxidation sites excluding steroid dienone is 1. The number of nitrogens with one attached hydrogen (secondary N) is 1. The summed E-state index contributed by atoms with van der Waals surface area (Å²) >= 11 is 13.6. The van der Waals surface area contributed by atoms with E-state index in [4.69, 9.17) is 42.8 Å². The van der Waals surface area contributed by atoms with E-state index in [0.717, 1.165) is 31.4 Å². The summed E-state index contributed by atoms with van der Waals surface area (Å²) in [5, 5.41) is 18.6.